The fourth-order valence-electron chi connectivity index (χ4n) is 1.96. The first kappa shape index (κ1) is 10.3. The Morgan fingerprint density at radius 1 is 1.53 bits per heavy atom. The number of hydrogen-bond donors (Lipinski definition) is 1. The van der Waals surface area contributed by atoms with Crippen molar-refractivity contribution in [1.82, 2.24) is 10.3 Å². The number of aryl methyl sites for hydroxylation is 1. The van der Waals surface area contributed by atoms with Crippen LogP contribution in [0.15, 0.2) is 18.2 Å². The predicted molar refractivity (Wildman–Crippen MR) is 58.7 cm³/mol. The molecule has 1 aliphatic heterocycles. The number of carbonyl (C=O) groups is 1. The lowest BCUT2D eigenvalue weighted by atomic mass is 9.93. The molecular formula is C12H16N2O. The van der Waals surface area contributed by atoms with Crippen LogP contribution in [0.5, 0.6) is 0 Å². The van der Waals surface area contributed by atoms with Crippen molar-refractivity contribution < 1.29 is 4.79 Å². The molecule has 15 heavy (non-hydrogen) atoms. The number of piperidine rings is 1. The summed E-state index contributed by atoms with van der Waals surface area (Å²) in [5.74, 6) is 0.491. The quantitative estimate of drug-likeness (QED) is 0.784. The van der Waals surface area contributed by atoms with Crippen LogP contribution < -0.4 is 5.32 Å². The highest BCUT2D eigenvalue weighted by Crippen LogP contribution is 2.12. The van der Waals surface area contributed by atoms with Gasteiger partial charge in [-0.25, -0.2) is 0 Å². The highest BCUT2D eigenvalue weighted by Gasteiger charge is 2.22. The highest BCUT2D eigenvalue weighted by atomic mass is 16.1. The number of rotatable bonds is 2. The van der Waals surface area contributed by atoms with Gasteiger partial charge in [0.1, 0.15) is 5.78 Å². The van der Waals surface area contributed by atoms with Gasteiger partial charge in [-0.1, -0.05) is 6.07 Å². The lowest BCUT2D eigenvalue weighted by Gasteiger charge is -2.21. The maximum absolute atomic E-state index is 11.6. The Kier molecular flexibility index (Phi) is 3.11. The Morgan fingerprint density at radius 3 is 3.13 bits per heavy atom. The van der Waals surface area contributed by atoms with Gasteiger partial charge in [-0.2, -0.15) is 0 Å². The molecule has 1 atom stereocenters. The van der Waals surface area contributed by atoms with Crippen molar-refractivity contribution >= 4 is 5.78 Å². The molecule has 1 unspecified atom stereocenters. The summed E-state index contributed by atoms with van der Waals surface area (Å²) in [5, 5.41) is 3.25. The molecule has 3 heteroatoms. The van der Waals surface area contributed by atoms with Crippen LogP contribution in [0.25, 0.3) is 0 Å². The molecule has 3 nitrogen and oxygen atoms in total. The third-order valence-electron chi connectivity index (χ3n) is 2.80. The number of hydrogen-bond acceptors (Lipinski definition) is 3. The summed E-state index contributed by atoms with van der Waals surface area (Å²) in [4.78, 5) is 16.0. The van der Waals surface area contributed by atoms with Gasteiger partial charge >= 0.3 is 0 Å². The van der Waals surface area contributed by atoms with Crippen LogP contribution in [-0.4, -0.2) is 23.9 Å². The highest BCUT2D eigenvalue weighted by molar-refractivity contribution is 5.82. The van der Waals surface area contributed by atoms with E-state index in [2.05, 4.69) is 10.3 Å². The topological polar surface area (TPSA) is 42.0 Å². The second kappa shape index (κ2) is 4.53. The molecule has 0 saturated carbocycles. The van der Waals surface area contributed by atoms with Crippen molar-refractivity contribution in [2.24, 2.45) is 5.92 Å². The van der Waals surface area contributed by atoms with E-state index in [9.17, 15) is 4.79 Å². The lowest BCUT2D eigenvalue weighted by Crippen LogP contribution is -2.38. The van der Waals surface area contributed by atoms with Gasteiger partial charge in [0.15, 0.2) is 0 Å². The van der Waals surface area contributed by atoms with Crippen LogP contribution in [0.3, 0.4) is 0 Å². The fraction of sp³-hybridized carbons (Fsp3) is 0.500. The van der Waals surface area contributed by atoms with Gasteiger partial charge in [0.2, 0.25) is 0 Å². The van der Waals surface area contributed by atoms with Crippen molar-refractivity contribution in [3.05, 3.63) is 29.6 Å². The molecule has 0 spiro atoms. The Labute approximate surface area is 89.9 Å². The van der Waals surface area contributed by atoms with Crippen molar-refractivity contribution in [3.63, 3.8) is 0 Å². The molecule has 2 rings (SSSR count). The predicted octanol–water partition coefficient (Wildman–Crippen LogP) is 1.11. The van der Waals surface area contributed by atoms with Crippen molar-refractivity contribution in [2.75, 3.05) is 13.1 Å². The van der Waals surface area contributed by atoms with Crippen LogP contribution in [0.2, 0.25) is 0 Å². The zero-order chi connectivity index (χ0) is 10.7. The first-order valence-electron chi connectivity index (χ1n) is 5.41. The molecule has 0 radical (unpaired) electrons. The molecule has 1 saturated heterocycles. The fourth-order valence-corrected chi connectivity index (χ4v) is 1.96. The number of nitrogens with one attached hydrogen (secondary N) is 1. The molecule has 1 fully saturated rings. The van der Waals surface area contributed by atoms with E-state index in [-0.39, 0.29) is 5.92 Å². The van der Waals surface area contributed by atoms with Crippen LogP contribution in [0.1, 0.15) is 17.8 Å². The molecule has 1 aliphatic rings. The molecule has 0 aliphatic carbocycles. The molecule has 1 N–H and O–H groups in total. The number of nitrogens with zero attached hydrogens (tertiary/aromatic N) is 1. The van der Waals surface area contributed by atoms with Crippen molar-refractivity contribution in [3.8, 4) is 0 Å². The Morgan fingerprint density at radius 2 is 2.40 bits per heavy atom. The number of carbonyl (C=O) groups excluding carboxylic acids is 1. The smallest absolute Gasteiger partial charge is 0.138 e. The number of ketones is 1. The Bertz CT molecular complexity index is 362. The van der Waals surface area contributed by atoms with Gasteiger partial charge in [-0.05, 0) is 19.1 Å². The van der Waals surface area contributed by atoms with Gasteiger partial charge in [0.25, 0.3) is 0 Å². The molecule has 1 aromatic rings. The maximum atomic E-state index is 11.6. The average molecular weight is 204 g/mol. The largest absolute Gasteiger partial charge is 0.316 e. The van der Waals surface area contributed by atoms with Crippen molar-refractivity contribution in [2.45, 2.75) is 19.8 Å². The first-order chi connectivity index (χ1) is 7.25. The van der Waals surface area contributed by atoms with Gasteiger partial charge < -0.3 is 5.32 Å². The van der Waals surface area contributed by atoms with Gasteiger partial charge in [-0.3, -0.25) is 9.78 Å². The molecule has 0 aromatic carbocycles. The number of pyridine rings is 1. The van der Waals surface area contributed by atoms with E-state index in [1.54, 1.807) is 0 Å². The third-order valence-corrected chi connectivity index (χ3v) is 2.80. The number of Topliss-reactive ketones (excluding diaryl/α,β-unsaturated/α-hetero) is 1. The van der Waals surface area contributed by atoms with Crippen molar-refractivity contribution in [1.29, 1.82) is 0 Å². The van der Waals surface area contributed by atoms with E-state index in [1.165, 1.54) is 0 Å². The minimum atomic E-state index is 0.119. The molecule has 1 aromatic heterocycles. The zero-order valence-corrected chi connectivity index (χ0v) is 8.99. The van der Waals surface area contributed by atoms with Crippen LogP contribution in [-0.2, 0) is 11.2 Å². The summed E-state index contributed by atoms with van der Waals surface area (Å²) in [7, 11) is 0. The summed E-state index contributed by atoms with van der Waals surface area (Å²) in [5.41, 5.74) is 2.04. The number of aromatic nitrogens is 1. The van der Waals surface area contributed by atoms with E-state index in [4.69, 9.17) is 0 Å². The van der Waals surface area contributed by atoms with Crippen LogP contribution in [0.4, 0.5) is 0 Å². The summed E-state index contributed by atoms with van der Waals surface area (Å²) < 4.78 is 0. The average Bonchev–Trinajstić information content (AvgIpc) is 2.22. The minimum absolute atomic E-state index is 0.119. The van der Waals surface area contributed by atoms with E-state index in [0.29, 0.717) is 12.2 Å². The summed E-state index contributed by atoms with van der Waals surface area (Å²) in [6.45, 7) is 3.61. The molecule has 2 heterocycles. The second-order valence-electron chi connectivity index (χ2n) is 4.09. The van der Waals surface area contributed by atoms with E-state index >= 15 is 0 Å². The first-order valence-corrected chi connectivity index (χ1v) is 5.41. The van der Waals surface area contributed by atoms with Gasteiger partial charge in [0.05, 0.1) is 0 Å². The summed E-state index contributed by atoms with van der Waals surface area (Å²) in [6, 6.07) is 5.97. The molecule has 0 amide bonds. The summed E-state index contributed by atoms with van der Waals surface area (Å²) in [6.07, 6.45) is 1.43. The molecule has 0 bridgehead atoms. The van der Waals surface area contributed by atoms with Crippen LogP contribution in [0, 0.1) is 12.8 Å². The van der Waals surface area contributed by atoms with E-state index < -0.39 is 0 Å². The monoisotopic (exact) mass is 204 g/mol. The zero-order valence-electron chi connectivity index (χ0n) is 8.99. The van der Waals surface area contributed by atoms with Crippen LogP contribution >= 0.6 is 0 Å². The molecule has 80 valence electrons. The normalized spacial score (nSPS) is 21.7. The standard InChI is InChI=1S/C12H16N2O/c1-9-3-2-4-11(14-9)7-10-8-13-6-5-12(10)15/h2-4,10,13H,5-8H2,1H3. The van der Waals surface area contributed by atoms with E-state index in [1.807, 2.05) is 25.1 Å². The Hall–Kier alpha value is -1.22. The Balaban J connectivity index is 2.04. The lowest BCUT2D eigenvalue weighted by molar-refractivity contribution is -0.123. The minimum Gasteiger partial charge on any atom is -0.316 e. The molecular weight excluding hydrogens is 188 g/mol. The second-order valence-corrected chi connectivity index (χ2v) is 4.09. The SMILES string of the molecule is Cc1cccc(CC2CNCCC2=O)n1. The summed E-state index contributed by atoms with van der Waals surface area (Å²) >= 11 is 0. The maximum Gasteiger partial charge on any atom is 0.138 e. The van der Waals surface area contributed by atoms with Gasteiger partial charge in [0, 0.05) is 43.2 Å². The van der Waals surface area contributed by atoms with Gasteiger partial charge in [-0.15, -0.1) is 0 Å². The third kappa shape index (κ3) is 2.63. The van der Waals surface area contributed by atoms with E-state index in [0.717, 1.165) is 30.9 Å².